The van der Waals surface area contributed by atoms with Crippen LogP contribution < -0.4 is 12.4 Å². The van der Waals surface area contributed by atoms with Crippen LogP contribution in [0, 0.1) is 0 Å². The van der Waals surface area contributed by atoms with E-state index in [1.807, 2.05) is 51.4 Å². The lowest BCUT2D eigenvalue weighted by atomic mass is 10.0. The summed E-state index contributed by atoms with van der Waals surface area (Å²) in [5.74, 6) is -0.452. The highest BCUT2D eigenvalue weighted by molar-refractivity contribution is 5.81. The Hall–Kier alpha value is -1.36. The largest absolute Gasteiger partial charge is 1.00 e. The number of benzene rings is 1. The molecule has 0 fully saturated rings. The molecular formula is C16H24ClNO3. The second-order valence-electron chi connectivity index (χ2n) is 5.46. The van der Waals surface area contributed by atoms with Gasteiger partial charge in [0, 0.05) is 26.0 Å². The molecule has 1 N–H and O–H groups in total. The molecule has 1 aromatic carbocycles. The highest BCUT2D eigenvalue weighted by atomic mass is 35.5. The van der Waals surface area contributed by atoms with Crippen LogP contribution >= 0.6 is 0 Å². The zero-order valence-electron chi connectivity index (χ0n) is 12.9. The fourth-order valence-corrected chi connectivity index (χ4v) is 2.20. The van der Waals surface area contributed by atoms with Crippen LogP contribution in [-0.2, 0) is 15.3 Å². The Labute approximate surface area is 133 Å². The van der Waals surface area contributed by atoms with Crippen LogP contribution in [0.25, 0.3) is 0 Å². The van der Waals surface area contributed by atoms with Crippen LogP contribution in [-0.4, -0.2) is 42.8 Å². The predicted octanol–water partition coefficient (Wildman–Crippen LogP) is -0.949. The third-order valence-corrected chi connectivity index (χ3v) is 3.81. The lowest BCUT2D eigenvalue weighted by molar-refractivity contribution is -0.971. The molecule has 0 aliphatic rings. The lowest BCUT2D eigenvalue weighted by Crippen LogP contribution is -3.00. The first-order valence-corrected chi connectivity index (χ1v) is 6.72. The topological polar surface area (TPSA) is 46.5 Å². The van der Waals surface area contributed by atoms with Crippen molar-refractivity contribution < 1.29 is 31.5 Å². The molecule has 0 saturated heterocycles. The summed E-state index contributed by atoms with van der Waals surface area (Å²) in [6.07, 6.45) is 1.81. The molecule has 0 amide bonds. The van der Waals surface area contributed by atoms with Crippen LogP contribution in [0.1, 0.15) is 18.9 Å². The van der Waals surface area contributed by atoms with Gasteiger partial charge in [0.1, 0.15) is 0 Å². The molecule has 1 rings (SSSR count). The highest BCUT2D eigenvalue weighted by Gasteiger charge is 2.46. The molecule has 0 heterocycles. The van der Waals surface area contributed by atoms with Gasteiger partial charge in [-0.2, -0.15) is 0 Å². The van der Waals surface area contributed by atoms with E-state index in [0.29, 0.717) is 17.4 Å². The van der Waals surface area contributed by atoms with Gasteiger partial charge in [-0.15, -0.1) is 0 Å². The van der Waals surface area contributed by atoms with Crippen LogP contribution in [0.15, 0.2) is 43.0 Å². The van der Waals surface area contributed by atoms with Gasteiger partial charge in [0.25, 0.3) is 5.72 Å². The van der Waals surface area contributed by atoms with Crippen molar-refractivity contribution in [3.63, 3.8) is 0 Å². The average molecular weight is 314 g/mol. The van der Waals surface area contributed by atoms with E-state index in [0.717, 1.165) is 5.56 Å². The Morgan fingerprint density at radius 1 is 1.38 bits per heavy atom. The van der Waals surface area contributed by atoms with Gasteiger partial charge in [-0.25, -0.2) is 4.79 Å². The zero-order chi connectivity index (χ0) is 15.2. The first-order valence-electron chi connectivity index (χ1n) is 6.72. The Bertz CT molecular complexity index is 462. The van der Waals surface area contributed by atoms with Gasteiger partial charge in [-0.05, 0) is 12.1 Å². The van der Waals surface area contributed by atoms with Crippen LogP contribution in [0.5, 0.6) is 0 Å². The Balaban J connectivity index is 0.00000400. The Kier molecular flexibility index (Phi) is 7.64. The van der Waals surface area contributed by atoms with E-state index in [1.54, 1.807) is 0 Å². The maximum Gasteiger partial charge on any atom is 0.335 e. The van der Waals surface area contributed by atoms with Gasteiger partial charge in [0.15, 0.2) is 0 Å². The van der Waals surface area contributed by atoms with Crippen LogP contribution in [0.4, 0.5) is 0 Å². The van der Waals surface area contributed by atoms with E-state index in [1.165, 1.54) is 6.08 Å². The van der Waals surface area contributed by atoms with Gasteiger partial charge in [0.05, 0.1) is 26.2 Å². The second-order valence-corrected chi connectivity index (χ2v) is 5.46. The molecule has 0 aliphatic heterocycles. The molecule has 0 aliphatic carbocycles. The van der Waals surface area contributed by atoms with Gasteiger partial charge in [-0.1, -0.05) is 24.8 Å². The van der Waals surface area contributed by atoms with Crippen molar-refractivity contribution in [2.45, 2.75) is 19.1 Å². The minimum atomic E-state index is -0.832. The SMILES string of the molecule is C=CC(=O)OC(C)(c1ccccc1)[N+](C)(C)CCCO.[Cl-]. The van der Waals surface area contributed by atoms with E-state index >= 15 is 0 Å². The molecule has 118 valence electrons. The number of rotatable bonds is 7. The van der Waals surface area contributed by atoms with Crippen LogP contribution in [0.3, 0.4) is 0 Å². The third-order valence-electron chi connectivity index (χ3n) is 3.81. The number of carbonyl (C=O) groups excluding carboxylic acids is 1. The summed E-state index contributed by atoms with van der Waals surface area (Å²) in [4.78, 5) is 11.7. The van der Waals surface area contributed by atoms with E-state index in [2.05, 4.69) is 6.58 Å². The molecule has 1 unspecified atom stereocenters. The number of nitrogens with zero attached hydrogens (tertiary/aromatic N) is 1. The second kappa shape index (κ2) is 8.17. The molecule has 0 aromatic heterocycles. The van der Waals surface area contributed by atoms with Crippen molar-refractivity contribution in [3.8, 4) is 0 Å². The Morgan fingerprint density at radius 3 is 2.43 bits per heavy atom. The summed E-state index contributed by atoms with van der Waals surface area (Å²) in [6, 6.07) is 9.64. The maximum absolute atomic E-state index is 11.7. The number of aliphatic hydroxyl groups is 1. The first-order chi connectivity index (χ1) is 9.37. The van der Waals surface area contributed by atoms with E-state index in [-0.39, 0.29) is 19.0 Å². The standard InChI is InChI=1S/C16H24NO3.ClH/c1-5-15(19)20-16(2,14-10-7-6-8-11-14)17(3,4)12-9-13-18;/h5-8,10-11,18H,1,9,12-13H2,2-4H3;1H/q+1;/p-1. The normalized spacial score (nSPS) is 13.7. The van der Waals surface area contributed by atoms with Gasteiger partial charge in [-0.3, -0.25) is 4.48 Å². The zero-order valence-corrected chi connectivity index (χ0v) is 13.6. The van der Waals surface area contributed by atoms with Gasteiger partial charge in [0.2, 0.25) is 0 Å². The fraction of sp³-hybridized carbons (Fsp3) is 0.438. The summed E-state index contributed by atoms with van der Waals surface area (Å²) in [6.45, 7) is 6.15. The fourth-order valence-electron chi connectivity index (χ4n) is 2.20. The number of carbonyl (C=O) groups is 1. The minimum Gasteiger partial charge on any atom is -1.00 e. The van der Waals surface area contributed by atoms with Crippen molar-refractivity contribution >= 4 is 5.97 Å². The Morgan fingerprint density at radius 2 is 1.95 bits per heavy atom. The summed E-state index contributed by atoms with van der Waals surface area (Å²) in [7, 11) is 3.97. The summed E-state index contributed by atoms with van der Waals surface area (Å²) >= 11 is 0. The molecule has 5 heteroatoms. The van der Waals surface area contributed by atoms with Crippen molar-refractivity contribution in [2.24, 2.45) is 0 Å². The van der Waals surface area contributed by atoms with Crippen molar-refractivity contribution in [2.75, 3.05) is 27.2 Å². The van der Waals surface area contributed by atoms with E-state index in [9.17, 15) is 4.79 Å². The first kappa shape index (κ1) is 19.6. The molecule has 0 saturated carbocycles. The number of aliphatic hydroxyl groups excluding tert-OH is 1. The molecule has 0 spiro atoms. The summed E-state index contributed by atoms with van der Waals surface area (Å²) in [5.41, 5.74) is 0.0833. The molecule has 21 heavy (non-hydrogen) atoms. The smallest absolute Gasteiger partial charge is 0.335 e. The third kappa shape index (κ3) is 4.56. The lowest BCUT2D eigenvalue weighted by Gasteiger charge is -2.45. The highest BCUT2D eigenvalue weighted by Crippen LogP contribution is 2.34. The molecule has 0 bridgehead atoms. The molecule has 1 aromatic rings. The monoisotopic (exact) mass is 313 g/mol. The van der Waals surface area contributed by atoms with Crippen molar-refractivity contribution in [1.29, 1.82) is 0 Å². The molecular weight excluding hydrogens is 290 g/mol. The maximum atomic E-state index is 11.7. The number of hydrogen-bond acceptors (Lipinski definition) is 3. The summed E-state index contributed by atoms with van der Waals surface area (Å²) < 4.78 is 6.10. The predicted molar refractivity (Wildman–Crippen MR) is 78.8 cm³/mol. The average Bonchev–Trinajstić information content (AvgIpc) is 2.45. The minimum absolute atomic E-state index is 0. The number of esters is 1. The number of ether oxygens (including phenoxy) is 1. The van der Waals surface area contributed by atoms with Crippen molar-refractivity contribution in [3.05, 3.63) is 48.6 Å². The van der Waals surface area contributed by atoms with Crippen LogP contribution in [0.2, 0.25) is 0 Å². The molecule has 4 nitrogen and oxygen atoms in total. The van der Waals surface area contributed by atoms with Gasteiger partial charge < -0.3 is 22.3 Å². The molecule has 0 radical (unpaired) electrons. The van der Waals surface area contributed by atoms with Gasteiger partial charge >= 0.3 is 5.97 Å². The van der Waals surface area contributed by atoms with Crippen molar-refractivity contribution in [1.82, 2.24) is 0 Å². The number of hydrogen-bond donors (Lipinski definition) is 1. The quantitative estimate of drug-likeness (QED) is 0.306. The number of quaternary nitrogens is 1. The van der Waals surface area contributed by atoms with E-state index in [4.69, 9.17) is 9.84 Å². The summed E-state index contributed by atoms with van der Waals surface area (Å²) in [5, 5.41) is 9.06. The molecule has 1 atom stereocenters. The van der Waals surface area contributed by atoms with E-state index < -0.39 is 11.7 Å². The number of halogens is 1.